The zero-order valence-electron chi connectivity index (χ0n) is 8.43. The molecule has 14 heavy (non-hydrogen) atoms. The predicted octanol–water partition coefficient (Wildman–Crippen LogP) is 3.59. The molecule has 0 aromatic heterocycles. The lowest BCUT2D eigenvalue weighted by molar-refractivity contribution is 0.440. The van der Waals surface area contributed by atoms with Gasteiger partial charge in [0.1, 0.15) is 11.5 Å². The van der Waals surface area contributed by atoms with E-state index in [4.69, 9.17) is 0 Å². The predicted molar refractivity (Wildman–Crippen MR) is 61.5 cm³/mol. The van der Waals surface area contributed by atoms with Crippen LogP contribution in [0.1, 0.15) is 25.0 Å². The van der Waals surface area contributed by atoms with Crippen LogP contribution in [0.15, 0.2) is 16.6 Å². The highest BCUT2D eigenvalue weighted by Crippen LogP contribution is 2.39. The van der Waals surface area contributed by atoms with Crippen LogP contribution in [-0.4, -0.2) is 10.2 Å². The summed E-state index contributed by atoms with van der Waals surface area (Å²) in [4.78, 5) is 0. The van der Waals surface area contributed by atoms with Crippen molar-refractivity contribution in [3.05, 3.63) is 27.7 Å². The summed E-state index contributed by atoms with van der Waals surface area (Å²) in [6.45, 7) is 5.51. The minimum Gasteiger partial charge on any atom is -0.508 e. The van der Waals surface area contributed by atoms with Crippen molar-refractivity contribution in [2.75, 3.05) is 0 Å². The third kappa shape index (κ3) is 1.77. The molecule has 0 aliphatic rings. The first-order valence-corrected chi connectivity index (χ1v) is 5.12. The van der Waals surface area contributed by atoms with E-state index in [0.29, 0.717) is 10.0 Å². The fraction of sp³-hybridized carbons (Fsp3) is 0.273. The summed E-state index contributed by atoms with van der Waals surface area (Å²) in [5.74, 6) is 0.211. The van der Waals surface area contributed by atoms with E-state index in [1.54, 1.807) is 13.0 Å². The minimum absolute atomic E-state index is 0.0983. The van der Waals surface area contributed by atoms with Crippen LogP contribution in [-0.2, 0) is 0 Å². The zero-order valence-corrected chi connectivity index (χ0v) is 10.0. The number of rotatable bonds is 1. The summed E-state index contributed by atoms with van der Waals surface area (Å²) < 4.78 is 0.628. The van der Waals surface area contributed by atoms with E-state index >= 15 is 0 Å². The van der Waals surface area contributed by atoms with E-state index in [0.717, 1.165) is 11.1 Å². The van der Waals surface area contributed by atoms with E-state index in [1.807, 2.05) is 19.9 Å². The standard InChI is InChI=1S/C11H13BrO2/c1-4-6(2)8-5-9(13)7(3)11(14)10(8)12/h4-5,13-14H,1-3H3. The van der Waals surface area contributed by atoms with Gasteiger partial charge < -0.3 is 10.2 Å². The Bertz CT molecular complexity index is 395. The number of aromatic hydroxyl groups is 2. The van der Waals surface area contributed by atoms with Crippen LogP contribution in [0.2, 0.25) is 0 Å². The Morgan fingerprint density at radius 3 is 2.50 bits per heavy atom. The molecule has 2 N–H and O–H groups in total. The highest BCUT2D eigenvalue weighted by Gasteiger charge is 2.12. The van der Waals surface area contributed by atoms with Crippen LogP contribution in [0, 0.1) is 6.92 Å². The van der Waals surface area contributed by atoms with Gasteiger partial charge in [0.2, 0.25) is 0 Å². The second-order valence-electron chi connectivity index (χ2n) is 3.20. The number of hydrogen-bond donors (Lipinski definition) is 2. The zero-order chi connectivity index (χ0) is 10.9. The molecule has 2 nitrogen and oxygen atoms in total. The maximum absolute atomic E-state index is 9.68. The van der Waals surface area contributed by atoms with Crippen molar-refractivity contribution in [1.29, 1.82) is 0 Å². The topological polar surface area (TPSA) is 40.5 Å². The van der Waals surface area contributed by atoms with Crippen LogP contribution in [0.4, 0.5) is 0 Å². The molecule has 0 unspecified atom stereocenters. The molecule has 1 rings (SSSR count). The number of allylic oxidation sites excluding steroid dienone is 2. The molecule has 0 fully saturated rings. The minimum atomic E-state index is 0.0983. The molecule has 0 heterocycles. The van der Waals surface area contributed by atoms with Crippen molar-refractivity contribution in [2.45, 2.75) is 20.8 Å². The van der Waals surface area contributed by atoms with Crippen LogP contribution < -0.4 is 0 Å². The van der Waals surface area contributed by atoms with Gasteiger partial charge in [-0.2, -0.15) is 0 Å². The lowest BCUT2D eigenvalue weighted by atomic mass is 10.0. The Morgan fingerprint density at radius 1 is 1.43 bits per heavy atom. The first-order valence-electron chi connectivity index (χ1n) is 4.33. The SMILES string of the molecule is CC=C(C)c1cc(O)c(C)c(O)c1Br. The van der Waals surface area contributed by atoms with Crippen molar-refractivity contribution in [3.8, 4) is 11.5 Å². The third-order valence-corrected chi connectivity index (χ3v) is 3.13. The van der Waals surface area contributed by atoms with Crippen molar-refractivity contribution < 1.29 is 10.2 Å². The summed E-state index contributed by atoms with van der Waals surface area (Å²) >= 11 is 3.30. The van der Waals surface area contributed by atoms with Gasteiger partial charge in [0.25, 0.3) is 0 Å². The number of phenols is 2. The van der Waals surface area contributed by atoms with Crippen molar-refractivity contribution >= 4 is 21.5 Å². The molecule has 0 aliphatic heterocycles. The molecule has 3 heteroatoms. The van der Waals surface area contributed by atoms with Gasteiger partial charge in [0, 0.05) is 5.56 Å². The number of halogens is 1. The van der Waals surface area contributed by atoms with Gasteiger partial charge in [-0.05, 0) is 53.9 Å². The molecule has 76 valence electrons. The monoisotopic (exact) mass is 256 g/mol. The summed E-state index contributed by atoms with van der Waals surface area (Å²) in [6, 6.07) is 1.65. The Morgan fingerprint density at radius 2 is 2.00 bits per heavy atom. The van der Waals surface area contributed by atoms with Crippen molar-refractivity contribution in [2.24, 2.45) is 0 Å². The Hall–Kier alpha value is -0.960. The number of benzene rings is 1. The van der Waals surface area contributed by atoms with Gasteiger partial charge in [0.15, 0.2) is 0 Å². The number of hydrogen-bond acceptors (Lipinski definition) is 2. The lowest BCUT2D eigenvalue weighted by Crippen LogP contribution is -1.86. The van der Waals surface area contributed by atoms with Gasteiger partial charge in [-0.25, -0.2) is 0 Å². The molecule has 1 aromatic rings. The maximum Gasteiger partial charge on any atom is 0.136 e. The molecule has 0 spiro atoms. The summed E-state index contributed by atoms with van der Waals surface area (Å²) in [7, 11) is 0. The second kappa shape index (κ2) is 4.05. The van der Waals surface area contributed by atoms with Gasteiger partial charge in [-0.3, -0.25) is 0 Å². The fourth-order valence-electron chi connectivity index (χ4n) is 1.16. The average Bonchev–Trinajstić information content (AvgIpc) is 2.19. The quantitative estimate of drug-likeness (QED) is 0.807. The first-order chi connectivity index (χ1) is 6.49. The molecular formula is C11H13BrO2. The maximum atomic E-state index is 9.68. The Balaban J connectivity index is 3.48. The highest BCUT2D eigenvalue weighted by molar-refractivity contribution is 9.10. The van der Waals surface area contributed by atoms with Crippen molar-refractivity contribution in [3.63, 3.8) is 0 Å². The summed E-state index contributed by atoms with van der Waals surface area (Å²) in [6.07, 6.45) is 1.92. The molecule has 0 bridgehead atoms. The van der Waals surface area contributed by atoms with E-state index < -0.39 is 0 Å². The Kier molecular flexibility index (Phi) is 3.21. The molecule has 0 saturated heterocycles. The Labute approximate surface area is 92.0 Å². The molecular weight excluding hydrogens is 244 g/mol. The molecule has 1 aromatic carbocycles. The van der Waals surface area contributed by atoms with Crippen LogP contribution >= 0.6 is 15.9 Å². The molecule has 0 radical (unpaired) electrons. The van der Waals surface area contributed by atoms with Gasteiger partial charge in [-0.15, -0.1) is 0 Å². The van der Waals surface area contributed by atoms with Crippen LogP contribution in [0.5, 0.6) is 11.5 Å². The summed E-state index contributed by atoms with van der Waals surface area (Å²) in [5.41, 5.74) is 2.31. The lowest BCUT2D eigenvalue weighted by Gasteiger charge is -2.10. The van der Waals surface area contributed by atoms with E-state index in [9.17, 15) is 10.2 Å². The highest BCUT2D eigenvalue weighted by atomic mass is 79.9. The third-order valence-electron chi connectivity index (χ3n) is 2.32. The average molecular weight is 257 g/mol. The van der Waals surface area contributed by atoms with Gasteiger partial charge in [-0.1, -0.05) is 6.08 Å². The second-order valence-corrected chi connectivity index (χ2v) is 4.00. The van der Waals surface area contributed by atoms with Gasteiger partial charge in [0.05, 0.1) is 4.47 Å². The van der Waals surface area contributed by atoms with Crippen LogP contribution in [0.3, 0.4) is 0 Å². The molecule has 0 aliphatic carbocycles. The normalized spacial score (nSPS) is 11.9. The fourth-order valence-corrected chi connectivity index (χ4v) is 1.89. The van der Waals surface area contributed by atoms with E-state index in [-0.39, 0.29) is 11.5 Å². The molecule has 0 atom stereocenters. The smallest absolute Gasteiger partial charge is 0.136 e. The number of phenolic OH excluding ortho intramolecular Hbond substituents is 2. The van der Waals surface area contributed by atoms with Crippen molar-refractivity contribution in [1.82, 2.24) is 0 Å². The molecule has 0 amide bonds. The summed E-state index contributed by atoms with van der Waals surface area (Å²) in [5, 5.41) is 19.2. The van der Waals surface area contributed by atoms with Crippen LogP contribution in [0.25, 0.3) is 5.57 Å². The first kappa shape index (κ1) is 11.1. The van der Waals surface area contributed by atoms with Gasteiger partial charge >= 0.3 is 0 Å². The van der Waals surface area contributed by atoms with E-state index in [1.165, 1.54) is 0 Å². The molecule has 0 saturated carbocycles. The largest absolute Gasteiger partial charge is 0.508 e. The van der Waals surface area contributed by atoms with E-state index in [2.05, 4.69) is 15.9 Å².